The topological polar surface area (TPSA) is 40.5 Å². The maximum Gasteiger partial charge on any atom is 0.406 e. The van der Waals surface area contributed by atoms with Gasteiger partial charge in [0.1, 0.15) is 6.54 Å². The highest BCUT2D eigenvalue weighted by molar-refractivity contribution is 5.78. The number of halogens is 3. The van der Waals surface area contributed by atoms with Crippen LogP contribution in [0.2, 0.25) is 0 Å². The lowest BCUT2D eigenvalue weighted by atomic mass is 9.96. The molecule has 0 aromatic rings. The van der Waals surface area contributed by atoms with E-state index in [0.717, 1.165) is 17.7 Å². The van der Waals surface area contributed by atoms with Crippen LogP contribution in [-0.2, 0) is 4.79 Å². The first-order valence-corrected chi connectivity index (χ1v) is 6.32. The van der Waals surface area contributed by atoms with Gasteiger partial charge in [-0.3, -0.25) is 4.79 Å². The van der Waals surface area contributed by atoms with Crippen molar-refractivity contribution in [3.8, 4) is 0 Å². The number of carbonyl (C=O) groups is 1. The highest BCUT2D eigenvalue weighted by atomic mass is 19.4. The summed E-state index contributed by atoms with van der Waals surface area (Å²) in [6, 6.07) is 0. The van der Waals surface area contributed by atoms with Crippen molar-refractivity contribution in [1.82, 2.24) is 4.90 Å². The van der Waals surface area contributed by atoms with E-state index < -0.39 is 25.2 Å². The molecule has 0 saturated carbocycles. The molecule has 0 heterocycles. The van der Waals surface area contributed by atoms with Crippen molar-refractivity contribution < 1.29 is 23.1 Å². The number of nitrogens with zero attached hydrogens (tertiary/aromatic N) is 1. The predicted octanol–water partition coefficient (Wildman–Crippen LogP) is 2.59. The minimum absolute atomic E-state index is 0.262. The molecule has 0 fully saturated rings. The Morgan fingerprint density at radius 3 is 2.06 bits per heavy atom. The van der Waals surface area contributed by atoms with Crippen molar-refractivity contribution in [3.63, 3.8) is 0 Å². The van der Waals surface area contributed by atoms with Gasteiger partial charge in [-0.15, -0.1) is 0 Å². The van der Waals surface area contributed by atoms with Crippen molar-refractivity contribution in [3.05, 3.63) is 0 Å². The van der Waals surface area contributed by atoms with Gasteiger partial charge in [0.05, 0.1) is 6.61 Å². The lowest BCUT2D eigenvalue weighted by molar-refractivity contribution is -0.164. The number of amides is 1. The van der Waals surface area contributed by atoms with Gasteiger partial charge in [0.25, 0.3) is 0 Å². The van der Waals surface area contributed by atoms with Gasteiger partial charge in [-0.05, 0) is 12.8 Å². The maximum absolute atomic E-state index is 12.3. The molecule has 0 aliphatic carbocycles. The number of carbonyl (C=O) groups excluding carboxylic acids is 1. The van der Waals surface area contributed by atoms with Crippen LogP contribution in [0.4, 0.5) is 13.2 Å². The Kier molecular flexibility index (Phi) is 7.98. The fraction of sp³-hybridized carbons (Fsp3) is 0.917. The van der Waals surface area contributed by atoms with Gasteiger partial charge in [-0.25, -0.2) is 0 Å². The summed E-state index contributed by atoms with van der Waals surface area (Å²) in [4.78, 5) is 12.7. The number of rotatable bonds is 8. The van der Waals surface area contributed by atoms with Gasteiger partial charge >= 0.3 is 6.18 Å². The summed E-state index contributed by atoms with van der Waals surface area (Å²) in [6.45, 7) is 1.80. The molecule has 0 aromatic heterocycles. The highest BCUT2D eigenvalue weighted by Gasteiger charge is 2.34. The summed E-state index contributed by atoms with van der Waals surface area (Å²) in [5, 5.41) is 8.76. The molecule has 0 radical (unpaired) electrons. The van der Waals surface area contributed by atoms with Crippen molar-refractivity contribution in [2.24, 2.45) is 5.92 Å². The van der Waals surface area contributed by atoms with Crippen LogP contribution in [0.1, 0.15) is 39.5 Å². The Morgan fingerprint density at radius 2 is 1.72 bits per heavy atom. The van der Waals surface area contributed by atoms with E-state index in [2.05, 4.69) is 0 Å². The molecule has 0 saturated heterocycles. The fourth-order valence-corrected chi connectivity index (χ4v) is 1.95. The normalized spacial score (nSPS) is 11.9. The highest BCUT2D eigenvalue weighted by Crippen LogP contribution is 2.21. The van der Waals surface area contributed by atoms with E-state index >= 15 is 0 Å². The molecule has 0 unspecified atom stereocenters. The van der Waals surface area contributed by atoms with E-state index in [9.17, 15) is 18.0 Å². The van der Waals surface area contributed by atoms with Gasteiger partial charge in [0.2, 0.25) is 5.91 Å². The summed E-state index contributed by atoms with van der Waals surface area (Å²) in [5.74, 6) is -0.862. The van der Waals surface area contributed by atoms with Gasteiger partial charge in [0.15, 0.2) is 0 Å². The van der Waals surface area contributed by atoms with Crippen LogP contribution < -0.4 is 0 Å². The lowest BCUT2D eigenvalue weighted by Gasteiger charge is -2.27. The average Bonchev–Trinajstić information content (AvgIpc) is 2.25. The van der Waals surface area contributed by atoms with E-state index in [1.807, 2.05) is 13.8 Å². The van der Waals surface area contributed by atoms with Gasteiger partial charge < -0.3 is 10.0 Å². The van der Waals surface area contributed by atoms with E-state index in [1.54, 1.807) is 0 Å². The number of hydrogen-bond donors (Lipinski definition) is 1. The second-order valence-electron chi connectivity index (χ2n) is 4.37. The quantitative estimate of drug-likeness (QED) is 0.735. The predicted molar refractivity (Wildman–Crippen MR) is 63.0 cm³/mol. The van der Waals surface area contributed by atoms with Crippen molar-refractivity contribution in [2.75, 3.05) is 19.7 Å². The van der Waals surface area contributed by atoms with E-state index in [1.165, 1.54) is 0 Å². The Hall–Kier alpha value is -0.780. The van der Waals surface area contributed by atoms with Gasteiger partial charge in [-0.2, -0.15) is 13.2 Å². The Balaban J connectivity index is 4.69. The van der Waals surface area contributed by atoms with Crippen molar-refractivity contribution in [2.45, 2.75) is 45.7 Å². The molecule has 0 bridgehead atoms. The molecule has 108 valence electrons. The second-order valence-corrected chi connectivity index (χ2v) is 4.37. The van der Waals surface area contributed by atoms with E-state index in [0.29, 0.717) is 12.8 Å². The van der Waals surface area contributed by atoms with Crippen LogP contribution >= 0.6 is 0 Å². The van der Waals surface area contributed by atoms with Crippen LogP contribution in [0.3, 0.4) is 0 Å². The SMILES string of the molecule is CCCC(CCC)C(=O)N(CCO)CC(F)(F)F. The molecule has 3 nitrogen and oxygen atoms in total. The fourth-order valence-electron chi connectivity index (χ4n) is 1.95. The van der Waals surface area contributed by atoms with Crippen LogP contribution in [0.25, 0.3) is 0 Å². The number of alkyl halides is 3. The zero-order valence-corrected chi connectivity index (χ0v) is 11.0. The molecule has 1 amide bonds. The summed E-state index contributed by atoms with van der Waals surface area (Å²) in [5.41, 5.74) is 0. The second kappa shape index (κ2) is 8.34. The molecule has 1 N–H and O–H groups in total. The molecule has 6 heteroatoms. The van der Waals surface area contributed by atoms with Crippen LogP contribution in [-0.4, -0.2) is 41.8 Å². The average molecular weight is 269 g/mol. The number of hydrogen-bond acceptors (Lipinski definition) is 2. The maximum atomic E-state index is 12.3. The zero-order valence-electron chi connectivity index (χ0n) is 11.0. The van der Waals surface area contributed by atoms with Crippen molar-refractivity contribution >= 4 is 5.91 Å². The van der Waals surface area contributed by atoms with Gasteiger partial charge in [-0.1, -0.05) is 26.7 Å². The minimum Gasteiger partial charge on any atom is -0.395 e. The largest absolute Gasteiger partial charge is 0.406 e. The first-order chi connectivity index (χ1) is 8.35. The number of aliphatic hydroxyl groups is 1. The molecular formula is C12H22F3NO2. The third-order valence-electron chi connectivity index (χ3n) is 2.68. The summed E-state index contributed by atoms with van der Waals surface area (Å²) in [7, 11) is 0. The van der Waals surface area contributed by atoms with E-state index in [-0.39, 0.29) is 12.5 Å². The molecule has 0 aliphatic rings. The molecule has 0 aromatic carbocycles. The van der Waals surface area contributed by atoms with Crippen molar-refractivity contribution in [1.29, 1.82) is 0 Å². The Morgan fingerprint density at radius 1 is 1.22 bits per heavy atom. The first-order valence-electron chi connectivity index (χ1n) is 6.32. The monoisotopic (exact) mass is 269 g/mol. The third-order valence-corrected chi connectivity index (χ3v) is 2.68. The summed E-state index contributed by atoms with van der Waals surface area (Å²) >= 11 is 0. The molecule has 0 atom stereocenters. The summed E-state index contributed by atoms with van der Waals surface area (Å²) in [6.07, 6.45) is -1.72. The number of aliphatic hydroxyl groups excluding tert-OH is 1. The Bertz CT molecular complexity index is 238. The smallest absolute Gasteiger partial charge is 0.395 e. The van der Waals surface area contributed by atoms with Crippen LogP contribution in [0.15, 0.2) is 0 Å². The zero-order chi connectivity index (χ0) is 14.2. The molecule has 0 spiro atoms. The summed E-state index contributed by atoms with van der Waals surface area (Å²) < 4.78 is 37.0. The van der Waals surface area contributed by atoms with E-state index in [4.69, 9.17) is 5.11 Å². The Labute approximate surface area is 106 Å². The molecule has 0 rings (SSSR count). The first kappa shape index (κ1) is 17.2. The third kappa shape index (κ3) is 6.83. The minimum atomic E-state index is -4.42. The molecule has 0 aliphatic heterocycles. The van der Waals surface area contributed by atoms with Crippen LogP contribution in [0, 0.1) is 5.92 Å². The molecule has 18 heavy (non-hydrogen) atoms. The molecular weight excluding hydrogens is 247 g/mol. The van der Waals surface area contributed by atoms with Gasteiger partial charge in [0, 0.05) is 12.5 Å². The van der Waals surface area contributed by atoms with Crippen LogP contribution in [0.5, 0.6) is 0 Å². The lowest BCUT2D eigenvalue weighted by Crippen LogP contribution is -2.43. The standard InChI is InChI=1S/C12H22F3NO2/c1-3-5-10(6-4-2)11(18)16(7-8-17)9-12(13,14)15/h10,17H,3-9H2,1-2H3.